The van der Waals surface area contributed by atoms with Crippen LogP contribution in [-0.2, 0) is 16.9 Å². The van der Waals surface area contributed by atoms with Gasteiger partial charge in [0.15, 0.2) is 0 Å². The number of pyridine rings is 1. The molecule has 12 heteroatoms. The molecule has 0 spiro atoms. The lowest BCUT2D eigenvalue weighted by Gasteiger charge is -2.32. The zero-order valence-corrected chi connectivity index (χ0v) is 20.5. The van der Waals surface area contributed by atoms with E-state index in [1.54, 1.807) is 73.7 Å². The van der Waals surface area contributed by atoms with Crippen LogP contribution in [0, 0.1) is 17.0 Å². The van der Waals surface area contributed by atoms with Crippen LogP contribution in [0.25, 0.3) is 17.7 Å². The molecule has 0 amide bonds. The number of hydrogen-bond acceptors (Lipinski definition) is 8. The predicted octanol–water partition coefficient (Wildman–Crippen LogP) is 6.92. The van der Waals surface area contributed by atoms with Crippen molar-refractivity contribution < 1.29 is 32.0 Å². The molecule has 6 bridgehead atoms. The van der Waals surface area contributed by atoms with Crippen LogP contribution < -0.4 is 4.74 Å². The van der Waals surface area contributed by atoms with Gasteiger partial charge in [-0.15, -0.1) is 10.2 Å². The maximum atomic E-state index is 14.8. The summed E-state index contributed by atoms with van der Waals surface area (Å²) in [6, 6.07) is 16.3. The summed E-state index contributed by atoms with van der Waals surface area (Å²) in [5, 5.41) is 19.2. The molecule has 2 aromatic heterocycles. The van der Waals surface area contributed by atoms with Gasteiger partial charge in [0.1, 0.15) is 5.75 Å². The van der Waals surface area contributed by atoms with Gasteiger partial charge in [-0.2, -0.15) is 13.2 Å². The summed E-state index contributed by atoms with van der Waals surface area (Å²) >= 11 is 0. The van der Waals surface area contributed by atoms with Crippen molar-refractivity contribution in [2.45, 2.75) is 38.1 Å². The van der Waals surface area contributed by atoms with E-state index in [0.29, 0.717) is 22.4 Å². The second-order valence-electron chi connectivity index (χ2n) is 8.86. The van der Waals surface area contributed by atoms with Crippen molar-refractivity contribution in [3.63, 3.8) is 0 Å². The molecule has 4 aromatic rings. The Labute approximate surface area is 220 Å². The van der Waals surface area contributed by atoms with Crippen molar-refractivity contribution in [1.29, 1.82) is 0 Å². The van der Waals surface area contributed by atoms with E-state index in [1.807, 2.05) is 0 Å². The molecule has 3 heterocycles. The van der Waals surface area contributed by atoms with Gasteiger partial charge in [0.05, 0.1) is 11.5 Å². The van der Waals surface area contributed by atoms with Crippen molar-refractivity contribution in [2.24, 2.45) is 0 Å². The highest BCUT2D eigenvalue weighted by molar-refractivity contribution is 5.64. The molecular weight excluding hydrogens is 517 g/mol. The fraction of sp³-hybridized carbons (Fsp3) is 0.222. The van der Waals surface area contributed by atoms with Crippen molar-refractivity contribution >= 4 is 11.8 Å². The number of nitrogens with zero attached hydrogens (tertiary/aromatic N) is 4. The molecule has 0 radical (unpaired) electrons. The highest BCUT2D eigenvalue weighted by atomic mass is 19.4. The van der Waals surface area contributed by atoms with E-state index >= 15 is 0 Å². The molecule has 39 heavy (non-hydrogen) atoms. The standard InChI is InChI=1S/C27H21F3N4O5/c1-17-14-21(34(35)36)22-24-32-33-25(39-24)26(27(28,29)30,37-16-19-9-3-2-4-10-19)13-6-5-8-18-11-7-12-20(15-18)38-23(17)31-22/h2-5,7-12,14-15H,6,13,16H2,1H3/b8-5+. The minimum Gasteiger partial charge on any atom is -0.439 e. The molecule has 9 nitrogen and oxygen atoms in total. The molecule has 1 aliphatic heterocycles. The first-order valence-electron chi connectivity index (χ1n) is 11.9. The summed E-state index contributed by atoms with van der Waals surface area (Å²) in [5.74, 6) is -1.08. The van der Waals surface area contributed by atoms with Crippen LogP contribution in [0.5, 0.6) is 11.6 Å². The zero-order valence-electron chi connectivity index (χ0n) is 20.5. The number of fused-ring (bicyclic) bond motifs is 7. The lowest BCUT2D eigenvalue weighted by molar-refractivity contribution is -0.384. The lowest BCUT2D eigenvalue weighted by Crippen LogP contribution is -2.45. The zero-order chi connectivity index (χ0) is 27.6. The van der Waals surface area contributed by atoms with Gasteiger partial charge in [-0.3, -0.25) is 10.1 Å². The highest BCUT2D eigenvalue weighted by Gasteiger charge is 2.61. The summed E-state index contributed by atoms with van der Waals surface area (Å²) in [6.45, 7) is 1.16. The SMILES string of the molecule is Cc1cc([N+](=O)[O-])c2nc1Oc1cccc(c1)/C=C/CCC(OCc1ccccc1)(C(F)(F)F)c1nnc-2o1. The van der Waals surface area contributed by atoms with E-state index < -0.39 is 52.9 Å². The Bertz CT molecular complexity index is 1540. The number of allylic oxidation sites excluding steroid dienone is 1. The minimum atomic E-state index is -4.98. The van der Waals surface area contributed by atoms with Crippen LogP contribution in [0.4, 0.5) is 18.9 Å². The van der Waals surface area contributed by atoms with Crippen LogP contribution in [-0.4, -0.2) is 26.3 Å². The molecule has 1 aliphatic rings. The Morgan fingerprint density at radius 3 is 2.64 bits per heavy atom. The van der Waals surface area contributed by atoms with Crippen LogP contribution in [0.3, 0.4) is 0 Å². The third-order valence-electron chi connectivity index (χ3n) is 6.15. The molecule has 200 valence electrons. The second kappa shape index (κ2) is 10.3. The maximum absolute atomic E-state index is 14.8. The van der Waals surface area contributed by atoms with Gasteiger partial charge in [0.2, 0.25) is 17.2 Å². The molecular formula is C27H21F3N4O5. The van der Waals surface area contributed by atoms with Crippen molar-refractivity contribution in [3.8, 4) is 23.2 Å². The van der Waals surface area contributed by atoms with Gasteiger partial charge in [-0.25, -0.2) is 4.98 Å². The van der Waals surface area contributed by atoms with Gasteiger partial charge in [-0.1, -0.05) is 54.6 Å². The van der Waals surface area contributed by atoms with E-state index in [-0.39, 0.29) is 12.3 Å². The van der Waals surface area contributed by atoms with E-state index in [2.05, 4.69) is 15.2 Å². The van der Waals surface area contributed by atoms with Gasteiger partial charge in [-0.05, 0) is 43.0 Å². The molecule has 1 atom stereocenters. The molecule has 2 aromatic carbocycles. The largest absolute Gasteiger partial charge is 0.439 e. The number of benzene rings is 2. The topological polar surface area (TPSA) is 113 Å². The Hall–Kier alpha value is -4.58. The molecule has 0 aliphatic carbocycles. The van der Waals surface area contributed by atoms with E-state index in [0.717, 1.165) is 0 Å². The Morgan fingerprint density at radius 2 is 1.90 bits per heavy atom. The molecule has 0 saturated heterocycles. The molecule has 1 unspecified atom stereocenters. The number of halogens is 3. The van der Waals surface area contributed by atoms with E-state index in [4.69, 9.17) is 13.9 Å². The fourth-order valence-electron chi connectivity index (χ4n) is 4.13. The Kier molecular flexibility index (Phi) is 6.87. The lowest BCUT2D eigenvalue weighted by atomic mass is 9.95. The average molecular weight is 538 g/mol. The Balaban J connectivity index is 1.69. The van der Waals surface area contributed by atoms with Gasteiger partial charge in [0, 0.05) is 11.6 Å². The van der Waals surface area contributed by atoms with Crippen molar-refractivity contribution in [1.82, 2.24) is 15.2 Å². The van der Waals surface area contributed by atoms with Crippen LogP contribution >= 0.6 is 0 Å². The van der Waals surface area contributed by atoms with Crippen LogP contribution in [0.2, 0.25) is 0 Å². The first kappa shape index (κ1) is 26.0. The number of nitro groups is 1. The molecule has 0 N–H and O–H groups in total. The number of rotatable bonds is 4. The normalized spacial score (nSPS) is 17.9. The van der Waals surface area contributed by atoms with Crippen LogP contribution in [0.15, 0.2) is 71.2 Å². The summed E-state index contributed by atoms with van der Waals surface area (Å²) in [7, 11) is 0. The number of ether oxygens (including phenoxy) is 2. The second-order valence-corrected chi connectivity index (χ2v) is 8.86. The Morgan fingerprint density at radius 1 is 1.10 bits per heavy atom. The number of aryl methyl sites for hydroxylation is 1. The molecule has 0 saturated carbocycles. The number of aromatic nitrogens is 3. The maximum Gasteiger partial charge on any atom is 0.426 e. The summed E-state index contributed by atoms with van der Waals surface area (Å²) in [5.41, 5.74) is -2.46. The fourth-order valence-corrected chi connectivity index (χ4v) is 4.13. The first-order chi connectivity index (χ1) is 18.7. The highest BCUT2D eigenvalue weighted by Crippen LogP contribution is 2.47. The summed E-state index contributed by atoms with van der Waals surface area (Å²) < 4.78 is 61.4. The quantitative estimate of drug-likeness (QED) is 0.203. The van der Waals surface area contributed by atoms with Gasteiger partial charge in [0.25, 0.3) is 11.8 Å². The van der Waals surface area contributed by atoms with Crippen molar-refractivity contribution in [3.05, 3.63) is 99.4 Å². The monoisotopic (exact) mass is 538 g/mol. The minimum absolute atomic E-state index is 0.00577. The third kappa shape index (κ3) is 5.23. The first-order valence-corrected chi connectivity index (χ1v) is 11.9. The number of hydrogen-bond donors (Lipinski definition) is 0. The van der Waals surface area contributed by atoms with E-state index in [9.17, 15) is 23.3 Å². The number of alkyl halides is 3. The van der Waals surface area contributed by atoms with Gasteiger partial charge >= 0.3 is 11.9 Å². The van der Waals surface area contributed by atoms with Gasteiger partial charge < -0.3 is 13.9 Å². The third-order valence-corrected chi connectivity index (χ3v) is 6.15. The molecule has 0 fully saturated rings. The average Bonchev–Trinajstić information content (AvgIpc) is 3.39. The predicted molar refractivity (Wildman–Crippen MR) is 133 cm³/mol. The smallest absolute Gasteiger partial charge is 0.426 e. The molecule has 5 rings (SSSR count). The summed E-state index contributed by atoms with van der Waals surface area (Å²) in [6.07, 6.45) is -2.40. The van der Waals surface area contributed by atoms with Crippen molar-refractivity contribution in [2.75, 3.05) is 0 Å². The summed E-state index contributed by atoms with van der Waals surface area (Å²) in [4.78, 5) is 15.3. The van der Waals surface area contributed by atoms with Crippen LogP contribution in [0.1, 0.15) is 35.4 Å². The van der Waals surface area contributed by atoms with E-state index in [1.165, 1.54) is 6.07 Å².